The second kappa shape index (κ2) is 8.20. The normalized spacial score (nSPS) is 19.3. The number of hydrogen-bond acceptors (Lipinski definition) is 4. The smallest absolute Gasteiger partial charge is 0.407 e. The van der Waals surface area contributed by atoms with Gasteiger partial charge in [0, 0.05) is 13.1 Å². The van der Waals surface area contributed by atoms with Crippen molar-refractivity contribution in [1.82, 2.24) is 4.90 Å². The van der Waals surface area contributed by atoms with Crippen molar-refractivity contribution < 1.29 is 23.6 Å². The Bertz CT molecular complexity index is 866. The van der Waals surface area contributed by atoms with Crippen LogP contribution in [-0.4, -0.2) is 46.3 Å². The van der Waals surface area contributed by atoms with Gasteiger partial charge in [-0.3, -0.25) is 15.0 Å². The van der Waals surface area contributed by atoms with Crippen LogP contribution >= 0.6 is 0 Å². The Kier molecular flexibility index (Phi) is 5.72. The first-order valence-electron chi connectivity index (χ1n) is 8.73. The van der Waals surface area contributed by atoms with Gasteiger partial charge in [0.25, 0.3) is 5.69 Å². The third-order valence-corrected chi connectivity index (χ3v) is 4.82. The van der Waals surface area contributed by atoms with Gasteiger partial charge >= 0.3 is 6.09 Å². The predicted molar refractivity (Wildman–Crippen MR) is 98.6 cm³/mol. The molecule has 1 fully saturated rings. The third kappa shape index (κ3) is 4.19. The van der Waals surface area contributed by atoms with Gasteiger partial charge in [0.2, 0.25) is 0 Å². The fraction of sp³-hybridized carbons (Fsp3) is 0.316. The summed E-state index contributed by atoms with van der Waals surface area (Å²) in [7, 11) is 0. The largest absolute Gasteiger partial charge is 0.465 e. The molecule has 0 unspecified atom stereocenters. The second-order valence-electron chi connectivity index (χ2n) is 6.60. The lowest BCUT2D eigenvalue weighted by Gasteiger charge is -2.40. The highest BCUT2D eigenvalue weighted by Crippen LogP contribution is 2.33. The van der Waals surface area contributed by atoms with Crippen molar-refractivity contribution in [2.45, 2.75) is 25.2 Å². The van der Waals surface area contributed by atoms with Crippen molar-refractivity contribution in [3.05, 3.63) is 70.0 Å². The molecule has 2 aromatic rings. The molecule has 148 valence electrons. The summed E-state index contributed by atoms with van der Waals surface area (Å²) < 4.78 is 28.3. The molecule has 7 nitrogen and oxygen atoms in total. The molecule has 1 amide bonds. The van der Waals surface area contributed by atoms with Gasteiger partial charge in [-0.15, -0.1) is 0 Å². The van der Waals surface area contributed by atoms with E-state index in [1.807, 2.05) is 0 Å². The van der Waals surface area contributed by atoms with E-state index in [9.17, 15) is 28.8 Å². The van der Waals surface area contributed by atoms with E-state index in [0.29, 0.717) is 0 Å². The van der Waals surface area contributed by atoms with Crippen LogP contribution in [0.2, 0.25) is 0 Å². The van der Waals surface area contributed by atoms with Crippen molar-refractivity contribution in [2.75, 3.05) is 18.0 Å². The number of nitrogens with zero attached hydrogens (tertiary/aromatic N) is 3. The summed E-state index contributed by atoms with van der Waals surface area (Å²) in [6.45, 7) is 0.0593. The van der Waals surface area contributed by atoms with E-state index in [1.165, 1.54) is 11.0 Å². The summed E-state index contributed by atoms with van der Waals surface area (Å²) in [5.41, 5.74) is 0.427. The number of benzene rings is 2. The highest BCUT2D eigenvalue weighted by atomic mass is 19.1. The van der Waals surface area contributed by atoms with E-state index in [-0.39, 0.29) is 31.7 Å². The number of nitro groups is 1. The number of alkyl halides is 1. The van der Waals surface area contributed by atoms with Gasteiger partial charge in [0.05, 0.1) is 23.6 Å². The van der Waals surface area contributed by atoms with Crippen LogP contribution in [0.3, 0.4) is 0 Å². The maximum atomic E-state index is 14.9. The monoisotopic (exact) mass is 391 g/mol. The average molecular weight is 391 g/mol. The molecule has 0 spiro atoms. The third-order valence-electron chi connectivity index (χ3n) is 4.82. The van der Waals surface area contributed by atoms with E-state index < -0.39 is 34.7 Å². The maximum absolute atomic E-state index is 14.9. The molecule has 3 rings (SSSR count). The summed E-state index contributed by atoms with van der Waals surface area (Å²) in [5, 5.41) is 20.7. The molecule has 9 heteroatoms. The van der Waals surface area contributed by atoms with E-state index in [1.54, 1.807) is 30.3 Å². The van der Waals surface area contributed by atoms with Crippen LogP contribution in [0.1, 0.15) is 12.0 Å². The number of rotatable bonds is 5. The van der Waals surface area contributed by atoms with E-state index >= 15 is 0 Å². The van der Waals surface area contributed by atoms with E-state index in [4.69, 9.17) is 0 Å². The number of piperidine rings is 1. The zero-order chi connectivity index (χ0) is 20.3. The molecule has 0 radical (unpaired) electrons. The Balaban J connectivity index is 1.77. The minimum absolute atomic E-state index is 0.0535. The topological polar surface area (TPSA) is 86.9 Å². The highest BCUT2D eigenvalue weighted by Gasteiger charge is 2.37. The first kappa shape index (κ1) is 19.5. The maximum Gasteiger partial charge on any atom is 0.407 e. The van der Waals surface area contributed by atoms with Crippen LogP contribution in [0.25, 0.3) is 0 Å². The molecule has 1 aliphatic rings. The molecule has 2 atom stereocenters. The van der Waals surface area contributed by atoms with Crippen LogP contribution < -0.4 is 4.90 Å². The van der Waals surface area contributed by atoms with Gasteiger partial charge in [-0.05, 0) is 24.1 Å². The molecular weight excluding hydrogens is 372 g/mol. The zero-order valence-electron chi connectivity index (χ0n) is 14.9. The molecule has 0 aliphatic carbocycles. The molecule has 1 aliphatic heterocycles. The first-order chi connectivity index (χ1) is 13.4. The molecule has 28 heavy (non-hydrogen) atoms. The van der Waals surface area contributed by atoms with E-state index in [0.717, 1.165) is 22.6 Å². The van der Waals surface area contributed by atoms with Gasteiger partial charge in [0.15, 0.2) is 0 Å². The molecule has 2 aromatic carbocycles. The first-order valence-corrected chi connectivity index (χ1v) is 8.73. The number of anilines is 1. The fourth-order valence-electron chi connectivity index (χ4n) is 3.48. The lowest BCUT2D eigenvalue weighted by Crippen LogP contribution is -2.53. The molecule has 0 aromatic heterocycles. The van der Waals surface area contributed by atoms with Gasteiger partial charge in [-0.1, -0.05) is 30.3 Å². The number of halogens is 2. The van der Waals surface area contributed by atoms with Crippen LogP contribution in [0, 0.1) is 15.9 Å². The molecular formula is C19H19F2N3O4. The van der Waals surface area contributed by atoms with Gasteiger partial charge in [0.1, 0.15) is 17.7 Å². The number of carboxylic acid groups (broad SMARTS) is 1. The average Bonchev–Trinajstić information content (AvgIpc) is 2.67. The number of amides is 1. The van der Waals surface area contributed by atoms with Gasteiger partial charge in [-0.2, -0.15) is 0 Å². The predicted octanol–water partition coefficient (Wildman–Crippen LogP) is 3.83. The summed E-state index contributed by atoms with van der Waals surface area (Å²) in [4.78, 5) is 24.7. The van der Waals surface area contributed by atoms with Gasteiger partial charge < -0.3 is 10.0 Å². The van der Waals surface area contributed by atoms with Crippen molar-refractivity contribution in [2.24, 2.45) is 0 Å². The number of nitro benzene ring substituents is 1. The van der Waals surface area contributed by atoms with Crippen LogP contribution in [0.4, 0.5) is 25.0 Å². The SMILES string of the molecule is O=C(O)N(Cc1ccccc1)[C@H]1CCN(c2ccc(F)cc2[N+](=O)[O-])C[C@H]1F. The Hall–Kier alpha value is -3.23. The Morgan fingerprint density at radius 2 is 2.00 bits per heavy atom. The van der Waals surface area contributed by atoms with Crippen LogP contribution in [0.15, 0.2) is 48.5 Å². The lowest BCUT2D eigenvalue weighted by molar-refractivity contribution is -0.384. The highest BCUT2D eigenvalue weighted by molar-refractivity contribution is 5.66. The summed E-state index contributed by atoms with van der Waals surface area (Å²) in [6.07, 6.45) is -2.61. The minimum Gasteiger partial charge on any atom is -0.465 e. The van der Waals surface area contributed by atoms with Crippen molar-refractivity contribution >= 4 is 17.5 Å². The molecule has 0 saturated carbocycles. The molecule has 1 saturated heterocycles. The molecule has 1 N–H and O–H groups in total. The second-order valence-corrected chi connectivity index (χ2v) is 6.60. The van der Waals surface area contributed by atoms with E-state index in [2.05, 4.69) is 0 Å². The van der Waals surface area contributed by atoms with Crippen LogP contribution in [-0.2, 0) is 6.54 Å². The summed E-state index contributed by atoms with van der Waals surface area (Å²) in [5.74, 6) is -0.748. The quantitative estimate of drug-likeness (QED) is 0.618. The Morgan fingerprint density at radius 3 is 2.61 bits per heavy atom. The Morgan fingerprint density at radius 1 is 1.29 bits per heavy atom. The number of carbonyl (C=O) groups is 1. The lowest BCUT2D eigenvalue weighted by atomic mass is 9.99. The summed E-state index contributed by atoms with van der Waals surface area (Å²) in [6, 6.07) is 11.2. The van der Waals surface area contributed by atoms with Crippen molar-refractivity contribution in [3.8, 4) is 0 Å². The molecule has 0 bridgehead atoms. The minimum atomic E-state index is -1.54. The summed E-state index contributed by atoms with van der Waals surface area (Å²) >= 11 is 0. The molecule has 1 heterocycles. The fourth-order valence-corrected chi connectivity index (χ4v) is 3.48. The van der Waals surface area contributed by atoms with Crippen molar-refractivity contribution in [3.63, 3.8) is 0 Å². The van der Waals surface area contributed by atoms with Gasteiger partial charge in [-0.25, -0.2) is 13.6 Å². The zero-order valence-corrected chi connectivity index (χ0v) is 14.9. The number of hydrogen-bond donors (Lipinski definition) is 1. The standard InChI is InChI=1S/C19H19F2N3O4/c20-14-6-7-17(18(10-14)24(27)28)22-9-8-16(15(21)12-22)23(19(25)26)11-13-4-2-1-3-5-13/h1-7,10,15-16H,8-9,11-12H2,(H,25,26)/t15-,16+/m1/s1. The Labute approximate surface area is 159 Å². The van der Waals surface area contributed by atoms with Crippen LogP contribution in [0.5, 0.6) is 0 Å². The van der Waals surface area contributed by atoms with Crippen molar-refractivity contribution in [1.29, 1.82) is 0 Å².